The lowest BCUT2D eigenvalue weighted by Gasteiger charge is -2.10. The van der Waals surface area contributed by atoms with Crippen LogP contribution in [-0.2, 0) is 14.1 Å². The van der Waals surface area contributed by atoms with Gasteiger partial charge in [0.2, 0.25) is 0 Å². The van der Waals surface area contributed by atoms with Crippen LogP contribution in [0.1, 0.15) is 0 Å². The van der Waals surface area contributed by atoms with Crippen molar-refractivity contribution in [3.63, 3.8) is 0 Å². The first-order chi connectivity index (χ1) is 12.2. The molecule has 2 aromatic heterocycles. The van der Waals surface area contributed by atoms with E-state index in [1.54, 1.807) is 6.20 Å². The Morgan fingerprint density at radius 2 is 1.48 bits per heavy atom. The van der Waals surface area contributed by atoms with Crippen molar-refractivity contribution < 1.29 is 4.74 Å². The van der Waals surface area contributed by atoms with Crippen molar-refractivity contribution in [2.75, 3.05) is 0 Å². The third-order valence-corrected chi connectivity index (χ3v) is 4.22. The highest BCUT2D eigenvalue weighted by Gasteiger charge is 2.07. The molecule has 0 N–H and O–H groups in total. The van der Waals surface area contributed by atoms with E-state index in [9.17, 15) is 0 Å². The lowest BCUT2D eigenvalue weighted by atomic mass is 10.1. The molecular weight excluding hydrogens is 310 g/mol. The Kier molecular flexibility index (Phi) is 3.86. The second-order valence-electron chi connectivity index (χ2n) is 6.02. The summed E-state index contributed by atoms with van der Waals surface area (Å²) < 4.78 is 10.2. The molecule has 0 saturated heterocycles. The van der Waals surface area contributed by atoms with Gasteiger partial charge in [-0.25, -0.2) is 4.98 Å². The number of benzene rings is 2. The summed E-state index contributed by atoms with van der Waals surface area (Å²) in [7, 11) is 4.03. The molecule has 2 aromatic carbocycles. The normalized spacial score (nSPS) is 10.8. The number of imidazole rings is 1. The van der Waals surface area contributed by atoms with E-state index >= 15 is 0 Å². The largest absolute Gasteiger partial charge is 0.457 e. The van der Waals surface area contributed by atoms with Crippen LogP contribution in [0, 0.1) is 0 Å². The van der Waals surface area contributed by atoms with Gasteiger partial charge < -0.3 is 13.9 Å². The average Bonchev–Trinajstić information content (AvgIpc) is 3.23. The van der Waals surface area contributed by atoms with Gasteiger partial charge in [0, 0.05) is 49.5 Å². The van der Waals surface area contributed by atoms with Gasteiger partial charge in [-0.3, -0.25) is 0 Å². The maximum absolute atomic E-state index is 6.09. The van der Waals surface area contributed by atoms with Crippen LogP contribution in [0.15, 0.2) is 79.3 Å². The molecule has 4 nitrogen and oxygen atoms in total. The van der Waals surface area contributed by atoms with E-state index in [-0.39, 0.29) is 0 Å². The highest BCUT2D eigenvalue weighted by molar-refractivity contribution is 5.63. The summed E-state index contributed by atoms with van der Waals surface area (Å²) in [5, 5.41) is 0. The molecule has 0 fully saturated rings. The van der Waals surface area contributed by atoms with Gasteiger partial charge in [-0.2, -0.15) is 0 Å². The topological polar surface area (TPSA) is 32.0 Å². The van der Waals surface area contributed by atoms with Crippen LogP contribution in [0.2, 0.25) is 0 Å². The molecule has 0 atom stereocenters. The molecule has 0 spiro atoms. The molecule has 0 unspecified atom stereocenters. The Balaban J connectivity index is 1.63. The molecule has 0 bridgehead atoms. The van der Waals surface area contributed by atoms with Crippen molar-refractivity contribution >= 4 is 0 Å². The molecule has 0 saturated carbocycles. The van der Waals surface area contributed by atoms with Crippen LogP contribution >= 0.6 is 0 Å². The van der Waals surface area contributed by atoms with Crippen molar-refractivity contribution in [1.29, 1.82) is 0 Å². The third-order valence-electron chi connectivity index (χ3n) is 4.22. The van der Waals surface area contributed by atoms with Gasteiger partial charge in [-0.15, -0.1) is 0 Å². The smallest absolute Gasteiger partial charge is 0.139 e. The summed E-state index contributed by atoms with van der Waals surface area (Å²) in [5.74, 6) is 2.53. The van der Waals surface area contributed by atoms with Gasteiger partial charge >= 0.3 is 0 Å². The highest BCUT2D eigenvalue weighted by Crippen LogP contribution is 2.29. The zero-order chi connectivity index (χ0) is 17.2. The van der Waals surface area contributed by atoms with E-state index < -0.39 is 0 Å². The zero-order valence-corrected chi connectivity index (χ0v) is 14.3. The molecule has 2 heterocycles. The summed E-state index contributed by atoms with van der Waals surface area (Å²) in [6.45, 7) is 0. The fraction of sp³-hybridized carbons (Fsp3) is 0.0952. The van der Waals surface area contributed by atoms with Crippen LogP contribution in [0.4, 0.5) is 0 Å². The Hall–Kier alpha value is -3.27. The van der Waals surface area contributed by atoms with E-state index in [4.69, 9.17) is 4.74 Å². The van der Waals surface area contributed by atoms with Gasteiger partial charge in [-0.1, -0.05) is 24.3 Å². The summed E-state index contributed by atoms with van der Waals surface area (Å²) in [4.78, 5) is 4.40. The Morgan fingerprint density at radius 3 is 2.12 bits per heavy atom. The number of nitrogens with zero attached hydrogens (tertiary/aromatic N) is 3. The van der Waals surface area contributed by atoms with E-state index in [0.29, 0.717) is 0 Å². The number of hydrogen-bond donors (Lipinski definition) is 0. The summed E-state index contributed by atoms with van der Waals surface area (Å²) in [6.07, 6.45) is 5.78. The fourth-order valence-electron chi connectivity index (χ4n) is 2.96. The number of rotatable bonds is 4. The van der Waals surface area contributed by atoms with E-state index in [1.165, 1.54) is 0 Å². The van der Waals surface area contributed by atoms with Crippen molar-refractivity contribution in [3.05, 3.63) is 79.3 Å². The van der Waals surface area contributed by atoms with Crippen LogP contribution in [-0.4, -0.2) is 14.1 Å². The molecule has 4 heteroatoms. The van der Waals surface area contributed by atoms with Gasteiger partial charge in [-0.05, 0) is 36.4 Å². The van der Waals surface area contributed by atoms with E-state index in [0.717, 1.165) is 34.1 Å². The predicted molar refractivity (Wildman–Crippen MR) is 99.6 cm³/mol. The first kappa shape index (κ1) is 15.3. The second-order valence-corrected chi connectivity index (χ2v) is 6.02. The SMILES string of the molecule is Cn1cccc1-c1cccc(Oc2cccc(-c3nccn3C)c2)c1. The Labute approximate surface area is 147 Å². The predicted octanol–water partition coefficient (Wildman–Crippen LogP) is 4.88. The minimum atomic E-state index is 0.796. The maximum atomic E-state index is 6.09. The Bertz CT molecular complexity index is 931. The molecule has 4 rings (SSSR count). The number of aromatic nitrogens is 3. The molecule has 25 heavy (non-hydrogen) atoms. The summed E-state index contributed by atoms with van der Waals surface area (Å²) in [5.41, 5.74) is 3.32. The van der Waals surface area contributed by atoms with Gasteiger partial charge in [0.1, 0.15) is 17.3 Å². The third kappa shape index (κ3) is 3.06. The lowest BCUT2D eigenvalue weighted by Crippen LogP contribution is -1.92. The first-order valence-electron chi connectivity index (χ1n) is 8.18. The molecular formula is C21H19N3O. The molecule has 0 aliphatic carbocycles. The molecule has 124 valence electrons. The van der Waals surface area contributed by atoms with E-state index in [2.05, 4.69) is 27.8 Å². The van der Waals surface area contributed by atoms with Crippen molar-refractivity contribution in [2.24, 2.45) is 14.1 Å². The fourth-order valence-corrected chi connectivity index (χ4v) is 2.96. The number of ether oxygens (including phenoxy) is 1. The summed E-state index contributed by atoms with van der Waals surface area (Å²) in [6, 6.07) is 20.3. The van der Waals surface area contributed by atoms with Crippen molar-refractivity contribution in [3.8, 4) is 34.1 Å². The highest BCUT2D eigenvalue weighted by atomic mass is 16.5. The summed E-state index contributed by atoms with van der Waals surface area (Å²) >= 11 is 0. The lowest BCUT2D eigenvalue weighted by molar-refractivity contribution is 0.483. The zero-order valence-electron chi connectivity index (χ0n) is 14.3. The van der Waals surface area contributed by atoms with Gasteiger partial charge in [0.05, 0.1) is 0 Å². The second kappa shape index (κ2) is 6.32. The minimum Gasteiger partial charge on any atom is -0.457 e. The quantitative estimate of drug-likeness (QED) is 0.534. The molecule has 4 aromatic rings. The molecule has 0 radical (unpaired) electrons. The van der Waals surface area contributed by atoms with Gasteiger partial charge in [0.15, 0.2) is 0 Å². The van der Waals surface area contributed by atoms with Gasteiger partial charge in [0.25, 0.3) is 0 Å². The first-order valence-corrected chi connectivity index (χ1v) is 8.18. The maximum Gasteiger partial charge on any atom is 0.139 e. The number of aryl methyl sites for hydroxylation is 2. The average molecular weight is 329 g/mol. The monoisotopic (exact) mass is 329 g/mol. The van der Waals surface area contributed by atoms with Crippen LogP contribution < -0.4 is 4.74 Å². The molecule has 0 aliphatic rings. The minimum absolute atomic E-state index is 0.796. The van der Waals surface area contributed by atoms with Crippen LogP contribution in [0.25, 0.3) is 22.6 Å². The standard InChI is InChI=1S/C21H19N3O/c1-23-12-5-10-20(23)16-6-3-8-18(14-16)25-19-9-4-7-17(15-19)21-22-11-13-24(21)2/h3-15H,1-2H3. The Morgan fingerprint density at radius 1 is 0.760 bits per heavy atom. The van der Waals surface area contributed by atoms with Crippen molar-refractivity contribution in [2.45, 2.75) is 0 Å². The molecule has 0 amide bonds. The molecule has 0 aliphatic heterocycles. The van der Waals surface area contributed by atoms with E-state index in [1.807, 2.05) is 73.5 Å². The van der Waals surface area contributed by atoms with Crippen molar-refractivity contribution in [1.82, 2.24) is 14.1 Å². The van der Waals surface area contributed by atoms with Crippen LogP contribution in [0.5, 0.6) is 11.5 Å². The van der Waals surface area contributed by atoms with Crippen LogP contribution in [0.3, 0.4) is 0 Å². The number of hydrogen-bond acceptors (Lipinski definition) is 2.